The SMILES string of the molecule is Cc1ccc(-c2ccc3c(c2)OC2(CC2)C3(C)C)cc1-c1cccc[n+]1C. The van der Waals surface area contributed by atoms with Crippen molar-refractivity contribution in [3.05, 3.63) is 71.9 Å². The first kappa shape index (κ1) is 16.6. The van der Waals surface area contributed by atoms with Crippen LogP contribution >= 0.6 is 0 Å². The van der Waals surface area contributed by atoms with Crippen molar-refractivity contribution >= 4 is 0 Å². The van der Waals surface area contributed by atoms with Crippen molar-refractivity contribution in [3.8, 4) is 28.1 Å². The fourth-order valence-electron chi connectivity index (χ4n) is 4.61. The first-order valence-electron chi connectivity index (χ1n) is 9.81. The van der Waals surface area contributed by atoms with Gasteiger partial charge in [0, 0.05) is 28.7 Å². The Bertz CT molecular complexity index is 1060. The third-order valence-electron chi connectivity index (χ3n) is 6.71. The molecule has 1 aliphatic heterocycles. The summed E-state index contributed by atoms with van der Waals surface area (Å²) in [7, 11) is 2.10. The van der Waals surface area contributed by atoms with Crippen LogP contribution in [0, 0.1) is 6.92 Å². The summed E-state index contributed by atoms with van der Waals surface area (Å²) in [5, 5.41) is 0. The molecular weight excluding hydrogens is 330 g/mol. The molecule has 2 nitrogen and oxygen atoms in total. The Morgan fingerprint density at radius 3 is 2.41 bits per heavy atom. The van der Waals surface area contributed by atoms with Crippen molar-refractivity contribution in [2.24, 2.45) is 7.05 Å². The highest BCUT2D eigenvalue weighted by molar-refractivity contribution is 5.74. The molecule has 2 heterocycles. The summed E-state index contributed by atoms with van der Waals surface area (Å²) < 4.78 is 8.61. The van der Waals surface area contributed by atoms with Gasteiger partial charge in [-0.1, -0.05) is 38.1 Å². The number of hydrogen-bond acceptors (Lipinski definition) is 1. The fraction of sp³-hybridized carbons (Fsp3) is 0.320. The smallest absolute Gasteiger partial charge is 0.212 e. The predicted octanol–water partition coefficient (Wildman–Crippen LogP) is 5.36. The van der Waals surface area contributed by atoms with Gasteiger partial charge in [-0.2, -0.15) is 0 Å². The molecule has 0 atom stereocenters. The van der Waals surface area contributed by atoms with Gasteiger partial charge in [0.15, 0.2) is 6.20 Å². The Balaban J connectivity index is 1.59. The van der Waals surface area contributed by atoms with Crippen LogP contribution in [-0.4, -0.2) is 5.60 Å². The van der Waals surface area contributed by atoms with Gasteiger partial charge in [0.25, 0.3) is 0 Å². The van der Waals surface area contributed by atoms with Crippen LogP contribution in [0.25, 0.3) is 22.4 Å². The van der Waals surface area contributed by atoms with Crippen molar-refractivity contribution in [3.63, 3.8) is 0 Å². The first-order valence-corrected chi connectivity index (χ1v) is 9.81. The van der Waals surface area contributed by atoms with E-state index in [-0.39, 0.29) is 11.0 Å². The fourth-order valence-corrected chi connectivity index (χ4v) is 4.61. The van der Waals surface area contributed by atoms with Crippen molar-refractivity contribution in [1.29, 1.82) is 0 Å². The molecule has 27 heavy (non-hydrogen) atoms. The monoisotopic (exact) mass is 356 g/mol. The van der Waals surface area contributed by atoms with Crippen LogP contribution in [-0.2, 0) is 12.5 Å². The number of hydrogen-bond donors (Lipinski definition) is 0. The van der Waals surface area contributed by atoms with Gasteiger partial charge >= 0.3 is 0 Å². The van der Waals surface area contributed by atoms with Crippen LogP contribution in [0.1, 0.15) is 37.8 Å². The van der Waals surface area contributed by atoms with Gasteiger partial charge < -0.3 is 4.74 Å². The topological polar surface area (TPSA) is 13.1 Å². The molecule has 1 spiro atoms. The number of rotatable bonds is 2. The summed E-state index contributed by atoms with van der Waals surface area (Å²) in [5.41, 5.74) is 7.76. The van der Waals surface area contributed by atoms with Gasteiger partial charge in [0.1, 0.15) is 18.4 Å². The maximum atomic E-state index is 6.44. The van der Waals surface area contributed by atoms with Gasteiger partial charge in [-0.25, -0.2) is 4.57 Å². The minimum atomic E-state index is 0.0458. The Morgan fingerprint density at radius 2 is 1.67 bits per heavy atom. The zero-order valence-electron chi connectivity index (χ0n) is 16.5. The number of fused-ring (bicyclic) bond motifs is 1. The van der Waals surface area contributed by atoms with Gasteiger partial charge in [-0.15, -0.1) is 0 Å². The lowest BCUT2D eigenvalue weighted by atomic mass is 9.79. The lowest BCUT2D eigenvalue weighted by molar-refractivity contribution is -0.660. The largest absolute Gasteiger partial charge is 0.486 e. The van der Waals surface area contributed by atoms with E-state index in [1.165, 1.54) is 46.4 Å². The van der Waals surface area contributed by atoms with Crippen LogP contribution in [0.2, 0.25) is 0 Å². The van der Waals surface area contributed by atoms with Gasteiger partial charge in [0.2, 0.25) is 5.69 Å². The van der Waals surface area contributed by atoms with Crippen molar-refractivity contribution in [1.82, 2.24) is 0 Å². The zero-order valence-corrected chi connectivity index (χ0v) is 16.5. The van der Waals surface area contributed by atoms with E-state index < -0.39 is 0 Å². The van der Waals surface area contributed by atoms with E-state index in [1.54, 1.807) is 0 Å². The number of aromatic nitrogens is 1. The number of benzene rings is 2. The first-order chi connectivity index (χ1) is 12.9. The quantitative estimate of drug-likeness (QED) is 0.564. The molecule has 0 N–H and O–H groups in total. The third-order valence-corrected chi connectivity index (χ3v) is 6.71. The molecule has 2 aliphatic rings. The van der Waals surface area contributed by atoms with Gasteiger partial charge in [-0.3, -0.25) is 0 Å². The highest BCUT2D eigenvalue weighted by atomic mass is 16.5. The normalized spacial score (nSPS) is 18.2. The minimum Gasteiger partial charge on any atom is -0.486 e. The zero-order chi connectivity index (χ0) is 18.8. The third kappa shape index (κ3) is 2.36. The number of aryl methyl sites for hydroxylation is 2. The molecule has 1 fully saturated rings. The van der Waals surface area contributed by atoms with Gasteiger partial charge in [-0.05, 0) is 54.7 Å². The van der Waals surface area contributed by atoms with Gasteiger partial charge in [0.05, 0.1) is 0 Å². The Hall–Kier alpha value is -2.61. The molecule has 1 aliphatic carbocycles. The Morgan fingerprint density at radius 1 is 0.926 bits per heavy atom. The maximum Gasteiger partial charge on any atom is 0.212 e. The molecule has 2 aromatic carbocycles. The Kier molecular flexibility index (Phi) is 3.34. The molecular formula is C25H26NO+. The average Bonchev–Trinajstić information content (AvgIpc) is 3.40. The van der Waals surface area contributed by atoms with Crippen LogP contribution in [0.3, 0.4) is 0 Å². The number of nitrogens with zero attached hydrogens (tertiary/aromatic N) is 1. The second-order valence-electron chi connectivity index (χ2n) is 8.66. The maximum absolute atomic E-state index is 6.44. The summed E-state index contributed by atoms with van der Waals surface area (Å²) in [4.78, 5) is 0. The molecule has 5 rings (SSSR count). The van der Waals surface area contributed by atoms with Crippen LogP contribution in [0.4, 0.5) is 0 Å². The van der Waals surface area contributed by atoms with Crippen molar-refractivity contribution in [2.75, 3.05) is 0 Å². The molecule has 0 radical (unpaired) electrons. The minimum absolute atomic E-state index is 0.0458. The molecule has 0 amide bonds. The molecule has 1 aromatic heterocycles. The summed E-state index contributed by atoms with van der Waals surface area (Å²) in [6.07, 6.45) is 4.44. The lowest BCUT2D eigenvalue weighted by Gasteiger charge is -2.25. The molecule has 2 heteroatoms. The second-order valence-corrected chi connectivity index (χ2v) is 8.66. The predicted molar refractivity (Wildman–Crippen MR) is 109 cm³/mol. The van der Waals surface area contributed by atoms with Crippen molar-refractivity contribution < 1.29 is 9.30 Å². The summed E-state index contributed by atoms with van der Waals surface area (Å²) >= 11 is 0. The lowest BCUT2D eigenvalue weighted by Crippen LogP contribution is -2.34. The molecule has 3 aromatic rings. The van der Waals surface area contributed by atoms with E-state index in [9.17, 15) is 0 Å². The van der Waals surface area contributed by atoms with E-state index in [0.29, 0.717) is 0 Å². The highest BCUT2D eigenvalue weighted by Gasteiger charge is 2.62. The van der Waals surface area contributed by atoms with Crippen LogP contribution in [0.15, 0.2) is 60.8 Å². The number of pyridine rings is 1. The standard InChI is InChI=1S/C25H26NO/c1-17-8-9-18(15-20(17)22-7-5-6-14-26(22)4)19-10-11-21-23(16-19)27-25(12-13-25)24(21,2)3/h5-11,14-16H,12-13H2,1-4H3/q+1. The average molecular weight is 356 g/mol. The molecule has 0 unspecified atom stereocenters. The highest BCUT2D eigenvalue weighted by Crippen LogP contribution is 2.61. The molecule has 1 saturated carbocycles. The van der Waals surface area contributed by atoms with E-state index in [0.717, 1.165) is 5.75 Å². The second kappa shape index (κ2) is 5.45. The van der Waals surface area contributed by atoms with E-state index >= 15 is 0 Å². The summed E-state index contributed by atoms with van der Waals surface area (Å²) in [5.74, 6) is 1.07. The van der Waals surface area contributed by atoms with Crippen LogP contribution < -0.4 is 9.30 Å². The van der Waals surface area contributed by atoms with E-state index in [2.05, 4.69) is 93.2 Å². The summed E-state index contributed by atoms with van der Waals surface area (Å²) in [6.45, 7) is 6.83. The van der Waals surface area contributed by atoms with Crippen LogP contribution in [0.5, 0.6) is 5.75 Å². The Labute approximate surface area is 161 Å². The number of ether oxygens (including phenoxy) is 1. The summed E-state index contributed by atoms with van der Waals surface area (Å²) in [6, 6.07) is 19.9. The molecule has 0 bridgehead atoms. The van der Waals surface area contributed by atoms with Crippen molar-refractivity contribution in [2.45, 2.75) is 44.6 Å². The molecule has 0 saturated heterocycles. The van der Waals surface area contributed by atoms with E-state index in [1.807, 2.05) is 0 Å². The van der Waals surface area contributed by atoms with E-state index in [4.69, 9.17) is 4.74 Å². The molecule has 136 valence electrons.